The van der Waals surface area contributed by atoms with Crippen LogP contribution in [0.2, 0.25) is 0 Å². The summed E-state index contributed by atoms with van der Waals surface area (Å²) in [6, 6.07) is 10.3. The number of rotatable bonds is 1. The van der Waals surface area contributed by atoms with Gasteiger partial charge in [0, 0.05) is 6.61 Å². The van der Waals surface area contributed by atoms with Crippen molar-refractivity contribution in [3.8, 4) is 0 Å². The van der Waals surface area contributed by atoms with Gasteiger partial charge >= 0.3 is 0 Å². The van der Waals surface area contributed by atoms with Crippen LogP contribution in [0.25, 0.3) is 0 Å². The van der Waals surface area contributed by atoms with Crippen molar-refractivity contribution in [1.82, 2.24) is 0 Å². The van der Waals surface area contributed by atoms with Crippen LogP contribution in [0.5, 0.6) is 0 Å². The highest BCUT2D eigenvalue weighted by molar-refractivity contribution is 5.19. The molecule has 0 amide bonds. The van der Waals surface area contributed by atoms with Gasteiger partial charge in [0.1, 0.15) is 6.10 Å². The van der Waals surface area contributed by atoms with Crippen LogP contribution in [0.3, 0.4) is 0 Å². The molecule has 0 radical (unpaired) electrons. The lowest BCUT2D eigenvalue weighted by Crippen LogP contribution is -1.75. The Bertz CT molecular complexity index is 204. The molecule has 1 saturated heterocycles. The third-order valence-electron chi connectivity index (χ3n) is 1.50. The number of benzene rings is 1. The molecule has 0 bridgehead atoms. The Hall–Kier alpha value is -0.860. The quantitative estimate of drug-likeness (QED) is 0.645. The summed E-state index contributed by atoms with van der Waals surface area (Å²) in [4.78, 5) is 0. The lowest BCUT2D eigenvalue weighted by Gasteiger charge is -1.89. The Morgan fingerprint density at radius 1 is 1.42 bits per heavy atom. The number of epoxide rings is 1. The molecule has 0 saturated carbocycles. The zero-order chi connectivity index (χ0) is 8.81. The Labute approximate surface area is 72.8 Å². The molecular formula is C10H14O2. The second kappa shape index (κ2) is 4.91. The molecule has 2 heteroatoms. The van der Waals surface area contributed by atoms with Gasteiger partial charge in [-0.15, -0.1) is 0 Å². The molecule has 1 N–H and O–H groups in total. The van der Waals surface area contributed by atoms with Crippen molar-refractivity contribution in [2.24, 2.45) is 0 Å². The molecule has 1 fully saturated rings. The van der Waals surface area contributed by atoms with Gasteiger partial charge in [-0.25, -0.2) is 0 Å². The zero-order valence-electron chi connectivity index (χ0n) is 7.23. The number of aliphatic hydroxyl groups excluding tert-OH is 1. The Balaban J connectivity index is 0.000000213. The van der Waals surface area contributed by atoms with Crippen LogP contribution in [-0.2, 0) is 4.74 Å². The standard InChI is InChI=1S/C8H8O.C2H6O/c1-2-4-7(5-3-1)8-6-9-8;1-2-3/h1-5,8H,6H2;3H,2H2,1H3. The maximum atomic E-state index is 7.57. The van der Waals surface area contributed by atoms with E-state index in [1.165, 1.54) is 5.56 Å². The Morgan fingerprint density at radius 3 is 2.33 bits per heavy atom. The monoisotopic (exact) mass is 166 g/mol. The van der Waals surface area contributed by atoms with E-state index in [9.17, 15) is 0 Å². The van der Waals surface area contributed by atoms with E-state index in [2.05, 4.69) is 12.1 Å². The molecule has 1 unspecified atom stereocenters. The lowest BCUT2D eigenvalue weighted by molar-refractivity contribution is 0.318. The molecular weight excluding hydrogens is 152 g/mol. The van der Waals surface area contributed by atoms with E-state index in [0.29, 0.717) is 6.10 Å². The van der Waals surface area contributed by atoms with E-state index in [1.54, 1.807) is 6.92 Å². The van der Waals surface area contributed by atoms with E-state index in [0.717, 1.165) is 6.61 Å². The molecule has 1 heterocycles. The van der Waals surface area contributed by atoms with Gasteiger partial charge in [-0.3, -0.25) is 0 Å². The predicted molar refractivity (Wildman–Crippen MR) is 47.9 cm³/mol. The van der Waals surface area contributed by atoms with Crippen LogP contribution in [0.15, 0.2) is 30.3 Å². The summed E-state index contributed by atoms with van der Waals surface area (Å²) in [7, 11) is 0. The highest BCUT2D eigenvalue weighted by atomic mass is 16.6. The fourth-order valence-electron chi connectivity index (χ4n) is 0.908. The second-order valence-corrected chi connectivity index (χ2v) is 2.55. The summed E-state index contributed by atoms with van der Waals surface area (Å²) in [6.45, 7) is 2.84. The Morgan fingerprint density at radius 2 is 1.92 bits per heavy atom. The maximum Gasteiger partial charge on any atom is 0.106 e. The summed E-state index contributed by atoms with van der Waals surface area (Å²) >= 11 is 0. The van der Waals surface area contributed by atoms with Gasteiger partial charge < -0.3 is 9.84 Å². The number of ether oxygens (including phenoxy) is 1. The average Bonchev–Trinajstić information content (AvgIpc) is 2.90. The van der Waals surface area contributed by atoms with E-state index < -0.39 is 0 Å². The van der Waals surface area contributed by atoms with Crippen molar-refractivity contribution >= 4 is 0 Å². The molecule has 1 aliphatic rings. The topological polar surface area (TPSA) is 32.8 Å². The molecule has 0 aromatic heterocycles. The number of hydrogen-bond donors (Lipinski definition) is 1. The SMILES string of the molecule is CCO.c1ccc(C2CO2)cc1. The molecule has 0 spiro atoms. The van der Waals surface area contributed by atoms with Crippen molar-refractivity contribution in [3.05, 3.63) is 35.9 Å². The summed E-state index contributed by atoms with van der Waals surface area (Å²) in [5, 5.41) is 7.57. The van der Waals surface area contributed by atoms with E-state index in [-0.39, 0.29) is 6.61 Å². The molecule has 12 heavy (non-hydrogen) atoms. The van der Waals surface area contributed by atoms with E-state index >= 15 is 0 Å². The normalized spacial score (nSPS) is 19.3. The third-order valence-corrected chi connectivity index (χ3v) is 1.50. The fraction of sp³-hybridized carbons (Fsp3) is 0.400. The summed E-state index contributed by atoms with van der Waals surface area (Å²) < 4.78 is 5.09. The highest BCUT2D eigenvalue weighted by Gasteiger charge is 2.23. The molecule has 2 nitrogen and oxygen atoms in total. The molecule has 0 aliphatic carbocycles. The molecule has 1 aromatic carbocycles. The minimum Gasteiger partial charge on any atom is -0.397 e. The minimum absolute atomic E-state index is 0.250. The van der Waals surface area contributed by atoms with Crippen LogP contribution in [0.1, 0.15) is 18.6 Å². The van der Waals surface area contributed by atoms with Gasteiger partial charge in [0.05, 0.1) is 6.61 Å². The van der Waals surface area contributed by atoms with Crippen molar-refractivity contribution in [1.29, 1.82) is 0 Å². The third kappa shape index (κ3) is 3.03. The van der Waals surface area contributed by atoms with Crippen molar-refractivity contribution < 1.29 is 9.84 Å². The van der Waals surface area contributed by atoms with Gasteiger partial charge in [0.25, 0.3) is 0 Å². The largest absolute Gasteiger partial charge is 0.397 e. The van der Waals surface area contributed by atoms with Crippen LogP contribution < -0.4 is 0 Å². The van der Waals surface area contributed by atoms with Gasteiger partial charge in [-0.05, 0) is 12.5 Å². The van der Waals surface area contributed by atoms with E-state index in [1.807, 2.05) is 18.2 Å². The Kier molecular flexibility index (Phi) is 3.77. The van der Waals surface area contributed by atoms with Crippen LogP contribution in [0.4, 0.5) is 0 Å². The smallest absolute Gasteiger partial charge is 0.106 e. The first-order valence-corrected chi connectivity index (χ1v) is 4.16. The van der Waals surface area contributed by atoms with Crippen molar-refractivity contribution in [3.63, 3.8) is 0 Å². The van der Waals surface area contributed by atoms with Crippen LogP contribution in [-0.4, -0.2) is 18.3 Å². The van der Waals surface area contributed by atoms with Crippen molar-refractivity contribution in [2.75, 3.05) is 13.2 Å². The van der Waals surface area contributed by atoms with Crippen LogP contribution >= 0.6 is 0 Å². The first kappa shape index (κ1) is 9.23. The molecule has 1 atom stereocenters. The summed E-state index contributed by atoms with van der Waals surface area (Å²) in [5.41, 5.74) is 1.30. The number of hydrogen-bond acceptors (Lipinski definition) is 2. The molecule has 1 aromatic rings. The second-order valence-electron chi connectivity index (χ2n) is 2.55. The first-order valence-electron chi connectivity index (χ1n) is 4.16. The van der Waals surface area contributed by atoms with E-state index in [4.69, 9.17) is 9.84 Å². The lowest BCUT2D eigenvalue weighted by atomic mass is 10.2. The zero-order valence-corrected chi connectivity index (χ0v) is 7.23. The summed E-state index contributed by atoms with van der Waals surface area (Å²) in [5.74, 6) is 0. The first-order chi connectivity index (χ1) is 5.88. The van der Waals surface area contributed by atoms with Crippen molar-refractivity contribution in [2.45, 2.75) is 13.0 Å². The molecule has 2 rings (SSSR count). The molecule has 66 valence electrons. The predicted octanol–water partition coefficient (Wildman–Crippen LogP) is 1.76. The fourth-order valence-corrected chi connectivity index (χ4v) is 0.908. The van der Waals surface area contributed by atoms with Gasteiger partial charge in [0.2, 0.25) is 0 Å². The maximum absolute atomic E-state index is 7.57. The van der Waals surface area contributed by atoms with Gasteiger partial charge in [0.15, 0.2) is 0 Å². The van der Waals surface area contributed by atoms with Crippen LogP contribution in [0, 0.1) is 0 Å². The highest BCUT2D eigenvalue weighted by Crippen LogP contribution is 2.28. The summed E-state index contributed by atoms with van der Waals surface area (Å²) in [6.07, 6.45) is 0.409. The number of aliphatic hydroxyl groups is 1. The molecule has 1 aliphatic heterocycles. The van der Waals surface area contributed by atoms with Gasteiger partial charge in [-0.2, -0.15) is 0 Å². The minimum atomic E-state index is 0.250. The average molecular weight is 166 g/mol. The van der Waals surface area contributed by atoms with Gasteiger partial charge in [-0.1, -0.05) is 30.3 Å².